The number of aliphatic hydroxyl groups excluding tert-OH is 1. The molecule has 0 spiro atoms. The Hall–Kier alpha value is -1.94. The average Bonchev–Trinajstić information content (AvgIpc) is 3.43. The Morgan fingerprint density at radius 2 is 0.562 bits per heavy atom. The van der Waals surface area contributed by atoms with E-state index in [4.69, 9.17) is 37.0 Å². The van der Waals surface area contributed by atoms with Crippen LogP contribution < -0.4 is 0 Å². The van der Waals surface area contributed by atoms with Crippen LogP contribution in [0.15, 0.2) is 0 Å². The first-order valence-electron chi connectivity index (χ1n) is 31.9. The van der Waals surface area contributed by atoms with Gasteiger partial charge in [-0.05, 0) is 25.7 Å². The number of hydrogen-bond donors (Lipinski definition) is 3. The summed E-state index contributed by atoms with van der Waals surface area (Å²) in [6, 6.07) is 0. The van der Waals surface area contributed by atoms with Crippen LogP contribution in [0, 0.1) is 13.8 Å². The quantitative estimate of drug-likeness (QED) is 0.0169. The molecule has 0 fully saturated rings. The van der Waals surface area contributed by atoms with Crippen LogP contribution in [-0.4, -0.2) is 96.7 Å². The molecule has 0 aromatic rings. The van der Waals surface area contributed by atoms with Gasteiger partial charge in [-0.2, -0.15) is 12.8 Å². The second-order valence-electron chi connectivity index (χ2n) is 21.8. The predicted octanol–water partition coefficient (Wildman–Crippen LogP) is 16.4. The van der Waals surface area contributed by atoms with Gasteiger partial charge in [-0.1, -0.05) is 232 Å². The molecular formula is C61H116O17P2-2. The Morgan fingerprint density at radius 1 is 0.338 bits per heavy atom. The van der Waals surface area contributed by atoms with Gasteiger partial charge in [0.2, 0.25) is 0 Å². The van der Waals surface area contributed by atoms with Crippen molar-refractivity contribution in [2.75, 3.05) is 39.6 Å². The molecular weight excluding hydrogens is 1070 g/mol. The highest BCUT2D eigenvalue weighted by Crippen LogP contribution is 2.45. The molecule has 0 saturated heterocycles. The van der Waals surface area contributed by atoms with Gasteiger partial charge in [0, 0.05) is 25.7 Å². The molecule has 474 valence electrons. The van der Waals surface area contributed by atoms with Gasteiger partial charge in [0.25, 0.3) is 0 Å². The fourth-order valence-electron chi connectivity index (χ4n) is 8.96. The third-order valence-electron chi connectivity index (χ3n) is 13.9. The van der Waals surface area contributed by atoms with Crippen LogP contribution in [0.25, 0.3) is 0 Å². The molecule has 19 heteroatoms. The topological polar surface area (TPSA) is 237 Å². The number of aliphatic hydroxyl groups is 1. The first-order chi connectivity index (χ1) is 38.7. The van der Waals surface area contributed by atoms with Crippen molar-refractivity contribution in [3.63, 3.8) is 0 Å². The summed E-state index contributed by atoms with van der Waals surface area (Å²) in [5.41, 5.74) is 0. The van der Waals surface area contributed by atoms with E-state index in [0.29, 0.717) is 25.7 Å². The zero-order chi connectivity index (χ0) is 59.1. The van der Waals surface area contributed by atoms with Crippen molar-refractivity contribution < 1.29 is 80.2 Å². The third-order valence-corrected chi connectivity index (χ3v) is 15.8. The summed E-state index contributed by atoms with van der Waals surface area (Å²) in [7, 11) is -9.88. The van der Waals surface area contributed by atoms with Crippen LogP contribution in [0.1, 0.15) is 296 Å². The Kier molecular flexibility index (Phi) is 54.8. The molecule has 0 aromatic carbocycles. The molecule has 0 aliphatic rings. The number of carbonyl (C=O) groups excluding carboxylic acids is 4. The molecule has 17 nitrogen and oxygen atoms in total. The summed E-state index contributed by atoms with van der Waals surface area (Å²) in [5.74, 6) is -2.17. The molecule has 0 bridgehead atoms. The van der Waals surface area contributed by atoms with Crippen molar-refractivity contribution in [3.8, 4) is 0 Å². The third kappa shape index (κ3) is 55.3. The van der Waals surface area contributed by atoms with E-state index in [1.165, 1.54) is 103 Å². The molecule has 0 aliphatic carbocycles. The number of rotatable bonds is 62. The van der Waals surface area contributed by atoms with E-state index in [-0.39, 0.29) is 25.7 Å². The molecule has 0 amide bonds. The lowest BCUT2D eigenvalue weighted by Crippen LogP contribution is -2.30. The van der Waals surface area contributed by atoms with Crippen molar-refractivity contribution in [2.24, 2.45) is 0 Å². The minimum Gasteiger partial charge on any atom is -0.462 e. The van der Waals surface area contributed by atoms with Crippen molar-refractivity contribution in [1.29, 1.82) is 0 Å². The van der Waals surface area contributed by atoms with Crippen LogP contribution in [0.2, 0.25) is 0 Å². The molecule has 0 aliphatic heterocycles. The summed E-state index contributed by atoms with van der Waals surface area (Å²) in [4.78, 5) is 71.8. The first kappa shape index (κ1) is 78.1. The zero-order valence-electron chi connectivity index (χ0n) is 50.5. The van der Waals surface area contributed by atoms with E-state index in [1.54, 1.807) is 0 Å². The van der Waals surface area contributed by atoms with E-state index < -0.39 is 97.5 Å². The first-order valence-corrected chi connectivity index (χ1v) is 34.9. The number of phosphoric acid groups is 2. The molecule has 0 heterocycles. The predicted molar refractivity (Wildman–Crippen MR) is 316 cm³/mol. The number of phosphoric ester groups is 2. The number of esters is 4. The SMILES string of the molecule is [CH2-]CCCCCCCCCCCCC(=O)OC[C@H](COP(=O)(O)OC[C@H](O)COP(=O)(O)OC[C@@H](COC(=O)CCCCCCCCC)OC(=O)CCCCCCCC[CH2-])OC(=O)CCCCCCCCCCCCCCCCC. The van der Waals surface area contributed by atoms with Gasteiger partial charge in [0.15, 0.2) is 12.2 Å². The second kappa shape index (κ2) is 56.2. The number of ether oxygens (including phenoxy) is 4. The maximum atomic E-state index is 12.9. The van der Waals surface area contributed by atoms with Gasteiger partial charge in [-0.3, -0.25) is 37.3 Å². The van der Waals surface area contributed by atoms with E-state index in [2.05, 4.69) is 27.7 Å². The van der Waals surface area contributed by atoms with Gasteiger partial charge >= 0.3 is 39.5 Å². The fraction of sp³-hybridized carbons (Fsp3) is 0.902. The van der Waals surface area contributed by atoms with Gasteiger partial charge < -0.3 is 47.7 Å². The average molecular weight is 1180 g/mol. The minimum atomic E-state index is -4.94. The molecule has 0 saturated carbocycles. The Labute approximate surface area is 486 Å². The minimum absolute atomic E-state index is 0.0904. The largest absolute Gasteiger partial charge is 0.472 e. The van der Waals surface area contributed by atoms with Crippen LogP contribution >= 0.6 is 15.6 Å². The van der Waals surface area contributed by atoms with Crippen molar-refractivity contribution >= 4 is 39.5 Å². The number of hydrogen-bond acceptors (Lipinski definition) is 15. The van der Waals surface area contributed by atoms with Crippen molar-refractivity contribution in [1.82, 2.24) is 0 Å². The molecule has 5 atom stereocenters. The standard InChI is InChI=1S/C61H116O17P2/c1-5-9-13-17-21-23-25-26-27-28-30-32-36-40-44-48-61(66)78-57(52-72-59(64)46-42-38-35-31-29-24-22-18-14-10-6-2)54-76-80(69,70)74-50-55(62)49-73-79(67,68)75-53-56(77-60(65)47-43-39-34-20-16-12-8-4)51-71-58(63)45-41-37-33-19-15-11-7-3/h55-57,62H,2,4-54H2,1,3H3,(H,67,68)(H,69,70)/q-2/t55-,56-,57-/m1/s1. The fourth-order valence-corrected chi connectivity index (χ4v) is 10.5. The highest BCUT2D eigenvalue weighted by atomic mass is 31.2. The second-order valence-corrected chi connectivity index (χ2v) is 24.7. The highest BCUT2D eigenvalue weighted by molar-refractivity contribution is 7.47. The molecule has 0 radical (unpaired) electrons. The zero-order valence-corrected chi connectivity index (χ0v) is 52.2. The lowest BCUT2D eigenvalue weighted by Gasteiger charge is -2.21. The van der Waals surface area contributed by atoms with Gasteiger partial charge in [-0.15, -0.1) is 0 Å². The van der Waals surface area contributed by atoms with Crippen LogP contribution in [0.3, 0.4) is 0 Å². The van der Waals surface area contributed by atoms with E-state index in [0.717, 1.165) is 128 Å². The molecule has 3 N–H and O–H groups in total. The summed E-state index contributed by atoms with van der Waals surface area (Å²) >= 11 is 0. The molecule has 80 heavy (non-hydrogen) atoms. The number of carbonyl (C=O) groups is 4. The normalized spacial score (nSPS) is 14.2. The van der Waals surface area contributed by atoms with E-state index in [9.17, 15) is 43.2 Å². The Bertz CT molecular complexity index is 1550. The van der Waals surface area contributed by atoms with Gasteiger partial charge in [0.05, 0.1) is 26.4 Å². The Balaban J connectivity index is 5.17. The van der Waals surface area contributed by atoms with Crippen molar-refractivity contribution in [2.45, 2.75) is 315 Å². The lowest BCUT2D eigenvalue weighted by atomic mass is 10.0. The monoisotopic (exact) mass is 1180 g/mol. The van der Waals surface area contributed by atoms with E-state index >= 15 is 0 Å². The highest BCUT2D eigenvalue weighted by Gasteiger charge is 2.30. The smallest absolute Gasteiger partial charge is 0.462 e. The van der Waals surface area contributed by atoms with E-state index in [1.807, 2.05) is 0 Å². The van der Waals surface area contributed by atoms with Crippen LogP contribution in [0.4, 0.5) is 0 Å². The lowest BCUT2D eigenvalue weighted by molar-refractivity contribution is -0.161. The van der Waals surface area contributed by atoms with Crippen LogP contribution in [-0.2, 0) is 65.4 Å². The molecule has 2 unspecified atom stereocenters. The Morgan fingerprint density at radius 3 is 0.825 bits per heavy atom. The maximum absolute atomic E-state index is 12.9. The van der Waals surface area contributed by atoms with Gasteiger partial charge in [-0.25, -0.2) is 9.13 Å². The summed E-state index contributed by atoms with van der Waals surface area (Å²) in [6.07, 6.45) is 39.3. The molecule has 0 aromatic heterocycles. The summed E-state index contributed by atoms with van der Waals surface area (Å²) in [5, 5.41) is 10.5. The van der Waals surface area contributed by atoms with Gasteiger partial charge in [0.1, 0.15) is 19.3 Å². The summed E-state index contributed by atoms with van der Waals surface area (Å²) in [6.45, 7) is 8.14. The van der Waals surface area contributed by atoms with Crippen molar-refractivity contribution in [3.05, 3.63) is 13.8 Å². The number of unbranched alkanes of at least 4 members (excludes halogenated alkanes) is 36. The maximum Gasteiger partial charge on any atom is 0.472 e. The molecule has 0 rings (SSSR count). The van der Waals surface area contributed by atoms with Crippen LogP contribution in [0.5, 0.6) is 0 Å². The summed E-state index contributed by atoms with van der Waals surface area (Å²) < 4.78 is 67.6.